The van der Waals surface area contributed by atoms with Gasteiger partial charge in [-0.3, -0.25) is 0 Å². The van der Waals surface area contributed by atoms with E-state index >= 15 is 0 Å². The molecular weight excluding hydrogens is 429 g/mol. The van der Waals surface area contributed by atoms with Gasteiger partial charge < -0.3 is 14.2 Å². The Morgan fingerprint density at radius 1 is 0.788 bits per heavy atom. The molecule has 33 heavy (non-hydrogen) atoms. The second-order valence-electron chi connectivity index (χ2n) is 8.85. The number of halogens is 3. The molecule has 1 rings (SSSR count). The van der Waals surface area contributed by atoms with Gasteiger partial charge in [0.05, 0.1) is 5.56 Å². The van der Waals surface area contributed by atoms with Gasteiger partial charge in [0, 0.05) is 26.7 Å². The lowest BCUT2D eigenvalue weighted by atomic mass is 9.91. The number of hydrogen-bond donors (Lipinski definition) is 0. The number of alkyl halides is 3. The quantitative estimate of drug-likeness (QED) is 0.148. The van der Waals surface area contributed by atoms with E-state index < -0.39 is 17.7 Å². The Morgan fingerprint density at radius 2 is 1.36 bits per heavy atom. The van der Waals surface area contributed by atoms with Crippen molar-refractivity contribution in [1.29, 1.82) is 0 Å². The molecule has 1 aromatic rings. The second-order valence-corrected chi connectivity index (χ2v) is 8.85. The van der Waals surface area contributed by atoms with E-state index in [-0.39, 0.29) is 5.92 Å². The zero-order valence-corrected chi connectivity index (χ0v) is 21.1. The first-order valence-corrected chi connectivity index (χ1v) is 12.7. The molecule has 0 amide bonds. The van der Waals surface area contributed by atoms with Crippen molar-refractivity contribution in [3.05, 3.63) is 35.4 Å². The first kappa shape index (κ1) is 29.9. The minimum Gasteiger partial charge on any atom is -0.331 e. The highest BCUT2D eigenvalue weighted by atomic mass is 19.4. The summed E-state index contributed by atoms with van der Waals surface area (Å²) in [4.78, 5) is 0. The van der Waals surface area contributed by atoms with Crippen LogP contribution in [0, 0.1) is 5.92 Å². The lowest BCUT2D eigenvalue weighted by Crippen LogP contribution is -2.45. The van der Waals surface area contributed by atoms with Gasteiger partial charge in [-0.05, 0) is 44.2 Å². The van der Waals surface area contributed by atoms with Crippen LogP contribution in [0.3, 0.4) is 0 Å². The molecule has 0 saturated heterocycles. The van der Waals surface area contributed by atoms with E-state index in [0.717, 1.165) is 56.6 Å². The number of aryl methyl sites for hydroxylation is 1. The minimum absolute atomic E-state index is 0.155. The van der Waals surface area contributed by atoms with Crippen molar-refractivity contribution in [1.82, 2.24) is 0 Å². The smallest absolute Gasteiger partial charge is 0.331 e. The lowest BCUT2D eigenvalue weighted by Gasteiger charge is -2.37. The van der Waals surface area contributed by atoms with Gasteiger partial charge in [-0.15, -0.1) is 0 Å². The van der Waals surface area contributed by atoms with Crippen LogP contribution in [0.2, 0.25) is 0 Å². The molecule has 6 heteroatoms. The summed E-state index contributed by atoms with van der Waals surface area (Å²) in [5.41, 5.74) is 0.184. The Hall–Kier alpha value is -1.11. The van der Waals surface area contributed by atoms with E-state index in [9.17, 15) is 13.2 Å². The highest BCUT2D eigenvalue weighted by Gasteiger charge is 2.39. The molecule has 1 atom stereocenters. The Labute approximate surface area is 199 Å². The number of unbranched alkanes of at least 4 members (excludes halogenated alkanes) is 8. The number of methoxy groups -OCH3 is 2. The third-order valence-electron chi connectivity index (χ3n) is 6.34. The Morgan fingerprint density at radius 3 is 1.91 bits per heavy atom. The molecule has 0 aliphatic heterocycles. The maximum absolute atomic E-state index is 12.9. The van der Waals surface area contributed by atoms with Crippen LogP contribution in [-0.4, -0.2) is 26.8 Å². The maximum atomic E-state index is 12.9. The molecule has 0 radical (unpaired) electrons. The summed E-state index contributed by atoms with van der Waals surface area (Å²) in [6.45, 7) is 4.69. The zero-order valence-electron chi connectivity index (χ0n) is 21.1. The van der Waals surface area contributed by atoms with E-state index in [0.29, 0.717) is 13.0 Å². The summed E-state index contributed by atoms with van der Waals surface area (Å²) < 4.78 is 56.0. The fourth-order valence-corrected chi connectivity index (χ4v) is 4.50. The van der Waals surface area contributed by atoms with Crippen LogP contribution >= 0.6 is 0 Å². The molecule has 0 bridgehead atoms. The van der Waals surface area contributed by atoms with Gasteiger partial charge in [-0.2, -0.15) is 13.2 Å². The summed E-state index contributed by atoms with van der Waals surface area (Å²) >= 11 is 0. The lowest BCUT2D eigenvalue weighted by molar-refractivity contribution is -0.388. The van der Waals surface area contributed by atoms with E-state index in [1.807, 2.05) is 6.92 Å². The van der Waals surface area contributed by atoms with Crippen molar-refractivity contribution in [2.75, 3.05) is 20.8 Å². The number of hydrogen-bond acceptors (Lipinski definition) is 3. The summed E-state index contributed by atoms with van der Waals surface area (Å²) in [7, 11) is 3.28. The molecule has 0 N–H and O–H groups in total. The molecule has 0 aromatic heterocycles. The summed E-state index contributed by atoms with van der Waals surface area (Å²) in [6, 6.07) is 5.67. The van der Waals surface area contributed by atoms with Crippen LogP contribution in [0.5, 0.6) is 0 Å². The van der Waals surface area contributed by atoms with Gasteiger partial charge in [-0.25, -0.2) is 0 Å². The molecule has 3 nitrogen and oxygen atoms in total. The standard InChI is InChI=1S/C27H45F3O3/c1-5-7-8-9-10-14-19-24(27(31-3,32-4)33-6-2)20-15-12-11-13-17-23-18-16-21-25(22-23)26(28,29)30/h16,18,21-22,24H,5-15,17,19-20H2,1-4H3. The predicted molar refractivity (Wildman–Crippen MR) is 128 cm³/mol. The average Bonchev–Trinajstić information content (AvgIpc) is 2.80. The SMILES string of the molecule is CCCCCCCCC(CCCCCCc1cccc(C(F)(F)F)c1)C(OC)(OC)OCC. The summed E-state index contributed by atoms with van der Waals surface area (Å²) in [5.74, 6) is -0.849. The van der Waals surface area contributed by atoms with E-state index in [2.05, 4.69) is 6.92 Å². The third kappa shape index (κ3) is 11.2. The molecular formula is C27H45F3O3. The topological polar surface area (TPSA) is 27.7 Å². The number of rotatable bonds is 19. The Bertz CT molecular complexity index is 615. The number of benzene rings is 1. The molecule has 1 unspecified atom stereocenters. The first-order valence-electron chi connectivity index (χ1n) is 12.7. The van der Waals surface area contributed by atoms with Crippen LogP contribution in [0.4, 0.5) is 13.2 Å². The van der Waals surface area contributed by atoms with Crippen LogP contribution in [-0.2, 0) is 26.8 Å². The Kier molecular flexibility index (Phi) is 15.0. The molecule has 1 aromatic carbocycles. The first-order chi connectivity index (χ1) is 15.8. The molecule has 0 heterocycles. The summed E-state index contributed by atoms with van der Waals surface area (Å²) in [5, 5.41) is 0. The van der Waals surface area contributed by atoms with Crippen molar-refractivity contribution >= 4 is 0 Å². The Balaban J connectivity index is 2.49. The maximum Gasteiger partial charge on any atom is 0.416 e. The van der Waals surface area contributed by atoms with Crippen molar-refractivity contribution in [2.24, 2.45) is 5.92 Å². The third-order valence-corrected chi connectivity index (χ3v) is 6.34. The van der Waals surface area contributed by atoms with Crippen LogP contribution in [0.15, 0.2) is 24.3 Å². The van der Waals surface area contributed by atoms with Crippen molar-refractivity contribution in [3.8, 4) is 0 Å². The highest BCUT2D eigenvalue weighted by Crippen LogP contribution is 2.34. The van der Waals surface area contributed by atoms with Gasteiger partial charge in [0.2, 0.25) is 0 Å². The van der Waals surface area contributed by atoms with Crippen molar-refractivity contribution in [2.45, 2.75) is 109 Å². The zero-order chi connectivity index (χ0) is 24.6. The highest BCUT2D eigenvalue weighted by molar-refractivity contribution is 5.25. The van der Waals surface area contributed by atoms with Gasteiger partial charge in [-0.1, -0.05) is 82.9 Å². The summed E-state index contributed by atoms with van der Waals surface area (Å²) in [6.07, 6.45) is 9.69. The molecule has 0 saturated carbocycles. The molecule has 0 aliphatic carbocycles. The van der Waals surface area contributed by atoms with Gasteiger partial charge >= 0.3 is 6.18 Å². The number of ether oxygens (including phenoxy) is 3. The minimum atomic E-state index is -4.28. The monoisotopic (exact) mass is 474 g/mol. The fraction of sp³-hybridized carbons (Fsp3) is 0.778. The van der Waals surface area contributed by atoms with Gasteiger partial charge in [0.25, 0.3) is 5.97 Å². The molecule has 0 spiro atoms. The van der Waals surface area contributed by atoms with Crippen molar-refractivity contribution < 1.29 is 27.4 Å². The van der Waals surface area contributed by atoms with Gasteiger partial charge in [0.15, 0.2) is 0 Å². The molecule has 0 fully saturated rings. The second kappa shape index (κ2) is 16.5. The van der Waals surface area contributed by atoms with E-state index in [4.69, 9.17) is 14.2 Å². The molecule has 0 aliphatic rings. The van der Waals surface area contributed by atoms with Crippen LogP contribution in [0.1, 0.15) is 102 Å². The van der Waals surface area contributed by atoms with E-state index in [1.165, 1.54) is 44.2 Å². The van der Waals surface area contributed by atoms with Crippen LogP contribution < -0.4 is 0 Å². The fourth-order valence-electron chi connectivity index (χ4n) is 4.50. The van der Waals surface area contributed by atoms with Crippen molar-refractivity contribution in [3.63, 3.8) is 0 Å². The normalized spacial score (nSPS) is 13.4. The largest absolute Gasteiger partial charge is 0.416 e. The molecule has 192 valence electrons. The average molecular weight is 475 g/mol. The van der Waals surface area contributed by atoms with E-state index in [1.54, 1.807) is 20.3 Å². The van der Waals surface area contributed by atoms with Gasteiger partial charge in [0.1, 0.15) is 0 Å². The van der Waals surface area contributed by atoms with Crippen LogP contribution in [0.25, 0.3) is 0 Å². The predicted octanol–water partition coefficient (Wildman–Crippen LogP) is 8.55.